The average molecular weight is 348 g/mol. The molecule has 0 atom stereocenters. The van der Waals surface area contributed by atoms with Crippen molar-refractivity contribution in [2.45, 2.75) is 16.2 Å². The summed E-state index contributed by atoms with van der Waals surface area (Å²) in [6, 6.07) is 11.9. The number of anilines is 2. The second kappa shape index (κ2) is 5.90. The van der Waals surface area contributed by atoms with E-state index in [0.717, 1.165) is 16.1 Å². The van der Waals surface area contributed by atoms with Gasteiger partial charge in [0.1, 0.15) is 0 Å². The largest absolute Gasteiger partial charge is 0.315 e. The first-order valence-corrected chi connectivity index (χ1v) is 9.68. The summed E-state index contributed by atoms with van der Waals surface area (Å²) >= 11 is 1.55. The van der Waals surface area contributed by atoms with E-state index in [4.69, 9.17) is 0 Å². The highest BCUT2D eigenvalue weighted by Crippen LogP contribution is 2.30. The number of carbonyl (C=O) groups excluding carboxylic acids is 1. The lowest BCUT2D eigenvalue weighted by Crippen LogP contribution is -2.20. The highest BCUT2D eigenvalue weighted by Gasteiger charge is 2.24. The van der Waals surface area contributed by atoms with Gasteiger partial charge in [-0.05, 0) is 54.3 Å². The third-order valence-corrected chi connectivity index (χ3v) is 5.92. The standard InChI is InChI=1S/C16H16N2O3S2/c1-18-15-8-3-12(9-11(15)10-16(18)19)17-23(20,21)14-6-4-13(22-2)5-7-14/h3-9,17H,10H2,1-2H3. The summed E-state index contributed by atoms with van der Waals surface area (Å²) in [7, 11) is -1.93. The molecule has 3 rings (SSSR count). The molecule has 5 nitrogen and oxygen atoms in total. The number of nitrogens with zero attached hydrogens (tertiary/aromatic N) is 1. The number of sulfonamides is 1. The highest BCUT2D eigenvalue weighted by atomic mass is 32.2. The SMILES string of the molecule is CSc1ccc(S(=O)(=O)Nc2ccc3c(c2)CC(=O)N3C)cc1. The molecule has 0 bridgehead atoms. The van der Waals surface area contributed by atoms with E-state index in [2.05, 4.69) is 4.72 Å². The van der Waals surface area contributed by atoms with Crippen LogP contribution in [0.1, 0.15) is 5.56 Å². The average Bonchev–Trinajstić information content (AvgIpc) is 2.81. The van der Waals surface area contributed by atoms with E-state index in [1.807, 2.05) is 6.26 Å². The summed E-state index contributed by atoms with van der Waals surface area (Å²) in [5, 5.41) is 0. The van der Waals surface area contributed by atoms with Crippen LogP contribution in [0, 0.1) is 0 Å². The Bertz CT molecular complexity index is 861. The van der Waals surface area contributed by atoms with Gasteiger partial charge in [-0.25, -0.2) is 8.42 Å². The predicted molar refractivity (Wildman–Crippen MR) is 92.6 cm³/mol. The van der Waals surface area contributed by atoms with Crippen molar-refractivity contribution in [1.82, 2.24) is 0 Å². The molecule has 0 fully saturated rings. The minimum absolute atomic E-state index is 0.00709. The van der Waals surface area contributed by atoms with Crippen molar-refractivity contribution in [3.05, 3.63) is 48.0 Å². The van der Waals surface area contributed by atoms with E-state index in [1.165, 1.54) is 0 Å². The van der Waals surface area contributed by atoms with Crippen molar-refractivity contribution in [3.8, 4) is 0 Å². The maximum absolute atomic E-state index is 12.4. The fourth-order valence-electron chi connectivity index (χ4n) is 2.50. The highest BCUT2D eigenvalue weighted by molar-refractivity contribution is 7.98. The molecule has 2 aromatic carbocycles. The topological polar surface area (TPSA) is 66.5 Å². The van der Waals surface area contributed by atoms with Crippen molar-refractivity contribution in [2.75, 3.05) is 22.9 Å². The molecule has 0 saturated carbocycles. The second-order valence-electron chi connectivity index (χ2n) is 5.25. The lowest BCUT2D eigenvalue weighted by atomic mass is 10.1. The predicted octanol–water partition coefficient (Wildman–Crippen LogP) is 2.73. The number of hydrogen-bond donors (Lipinski definition) is 1. The summed E-state index contributed by atoms with van der Waals surface area (Å²) < 4.78 is 27.4. The third kappa shape index (κ3) is 3.07. The number of amides is 1. The van der Waals surface area contributed by atoms with Crippen LogP contribution in [0.15, 0.2) is 52.3 Å². The zero-order valence-electron chi connectivity index (χ0n) is 12.7. The number of likely N-dealkylation sites (N-methyl/N-ethyl adjacent to an activating group) is 1. The van der Waals surface area contributed by atoms with Gasteiger partial charge in [-0.1, -0.05) is 0 Å². The molecule has 0 aromatic heterocycles. The number of thioether (sulfide) groups is 1. The minimum atomic E-state index is -3.64. The van der Waals surface area contributed by atoms with Crippen LogP contribution in [0.3, 0.4) is 0 Å². The van der Waals surface area contributed by atoms with Crippen LogP contribution in [0.4, 0.5) is 11.4 Å². The number of carbonyl (C=O) groups is 1. The molecule has 1 N–H and O–H groups in total. The molecular formula is C16H16N2O3S2. The van der Waals surface area contributed by atoms with Gasteiger partial charge in [-0.15, -0.1) is 11.8 Å². The summed E-state index contributed by atoms with van der Waals surface area (Å²) in [5.41, 5.74) is 2.11. The van der Waals surface area contributed by atoms with Crippen LogP contribution in [0.2, 0.25) is 0 Å². The Labute approximate surface area is 139 Å². The summed E-state index contributed by atoms with van der Waals surface area (Å²) in [4.78, 5) is 14.5. The quantitative estimate of drug-likeness (QED) is 0.863. The van der Waals surface area contributed by atoms with Crippen molar-refractivity contribution in [3.63, 3.8) is 0 Å². The number of benzene rings is 2. The number of hydrogen-bond acceptors (Lipinski definition) is 4. The molecule has 0 saturated heterocycles. The number of rotatable bonds is 4. The second-order valence-corrected chi connectivity index (χ2v) is 7.82. The van der Waals surface area contributed by atoms with Crippen LogP contribution >= 0.6 is 11.8 Å². The Morgan fingerprint density at radius 2 is 1.83 bits per heavy atom. The Kier molecular flexibility index (Phi) is 4.08. The monoisotopic (exact) mass is 348 g/mol. The van der Waals surface area contributed by atoms with Gasteiger partial charge in [-0.3, -0.25) is 9.52 Å². The molecule has 1 amide bonds. The summed E-state index contributed by atoms with van der Waals surface area (Å²) in [6.45, 7) is 0. The van der Waals surface area contributed by atoms with E-state index in [9.17, 15) is 13.2 Å². The molecule has 120 valence electrons. The fourth-order valence-corrected chi connectivity index (χ4v) is 3.96. The summed E-state index contributed by atoms with van der Waals surface area (Å²) in [5.74, 6) is 0.00709. The molecule has 7 heteroatoms. The molecule has 1 heterocycles. The van der Waals surface area contributed by atoms with Crippen LogP contribution in [-0.4, -0.2) is 27.6 Å². The maximum Gasteiger partial charge on any atom is 0.261 e. The van der Waals surface area contributed by atoms with Gasteiger partial charge in [0.25, 0.3) is 10.0 Å². The lowest BCUT2D eigenvalue weighted by molar-refractivity contribution is -0.117. The lowest BCUT2D eigenvalue weighted by Gasteiger charge is -2.12. The van der Waals surface area contributed by atoms with Gasteiger partial charge in [0.05, 0.1) is 11.3 Å². The van der Waals surface area contributed by atoms with Gasteiger partial charge in [0.2, 0.25) is 5.91 Å². The van der Waals surface area contributed by atoms with Gasteiger partial charge in [0.15, 0.2) is 0 Å². The molecule has 0 radical (unpaired) electrons. The molecule has 0 unspecified atom stereocenters. The zero-order chi connectivity index (χ0) is 16.6. The maximum atomic E-state index is 12.4. The van der Waals surface area contributed by atoms with E-state index < -0.39 is 10.0 Å². The van der Waals surface area contributed by atoms with Crippen molar-refractivity contribution in [2.24, 2.45) is 0 Å². The molecule has 23 heavy (non-hydrogen) atoms. The van der Waals surface area contributed by atoms with Gasteiger partial charge in [-0.2, -0.15) is 0 Å². The Balaban J connectivity index is 1.86. The van der Waals surface area contributed by atoms with Gasteiger partial charge < -0.3 is 4.90 Å². The van der Waals surface area contributed by atoms with Crippen LogP contribution < -0.4 is 9.62 Å². The summed E-state index contributed by atoms with van der Waals surface area (Å²) in [6.07, 6.45) is 2.23. The van der Waals surface area contributed by atoms with E-state index >= 15 is 0 Å². The van der Waals surface area contributed by atoms with Crippen LogP contribution in [-0.2, 0) is 21.2 Å². The van der Waals surface area contributed by atoms with Crippen LogP contribution in [0.25, 0.3) is 0 Å². The van der Waals surface area contributed by atoms with Crippen molar-refractivity contribution in [1.29, 1.82) is 0 Å². The zero-order valence-corrected chi connectivity index (χ0v) is 14.4. The third-order valence-electron chi connectivity index (χ3n) is 3.78. The van der Waals surface area contributed by atoms with Gasteiger partial charge in [0, 0.05) is 23.3 Å². The Morgan fingerprint density at radius 3 is 2.48 bits per heavy atom. The van der Waals surface area contributed by atoms with Crippen LogP contribution in [0.5, 0.6) is 0 Å². The molecule has 1 aliphatic heterocycles. The van der Waals surface area contributed by atoms with E-state index in [-0.39, 0.29) is 10.8 Å². The smallest absolute Gasteiger partial charge is 0.261 e. The Morgan fingerprint density at radius 1 is 1.13 bits per heavy atom. The molecule has 0 aliphatic carbocycles. The fraction of sp³-hybridized carbons (Fsp3) is 0.188. The molecule has 2 aromatic rings. The van der Waals surface area contributed by atoms with Crippen molar-refractivity contribution < 1.29 is 13.2 Å². The normalized spacial score (nSPS) is 14.0. The van der Waals surface area contributed by atoms with Crippen molar-refractivity contribution >= 4 is 39.1 Å². The van der Waals surface area contributed by atoms with Gasteiger partial charge >= 0.3 is 0 Å². The first kappa shape index (κ1) is 15.9. The van der Waals surface area contributed by atoms with E-state index in [1.54, 1.807) is 66.2 Å². The first-order valence-electron chi connectivity index (χ1n) is 6.97. The first-order chi connectivity index (χ1) is 10.9. The number of nitrogens with one attached hydrogen (secondary N) is 1. The number of fused-ring (bicyclic) bond motifs is 1. The van der Waals surface area contributed by atoms with E-state index in [0.29, 0.717) is 12.1 Å². The molecule has 0 spiro atoms. The minimum Gasteiger partial charge on any atom is -0.315 e. The molecular weight excluding hydrogens is 332 g/mol. The molecule has 1 aliphatic rings. The Hall–Kier alpha value is -1.99.